The van der Waals surface area contributed by atoms with Crippen LogP contribution in [0.25, 0.3) is 31.7 Å². The van der Waals surface area contributed by atoms with Gasteiger partial charge in [-0.1, -0.05) is 42.0 Å². The second kappa shape index (κ2) is 6.83. The molecule has 2 aromatic carbocycles. The Morgan fingerprint density at radius 1 is 1.00 bits per heavy atom. The highest BCUT2D eigenvalue weighted by Gasteiger charge is 2.18. The van der Waals surface area contributed by atoms with Crippen LogP contribution in [0.5, 0.6) is 0 Å². The van der Waals surface area contributed by atoms with Crippen LogP contribution in [0.3, 0.4) is 0 Å². The summed E-state index contributed by atoms with van der Waals surface area (Å²) in [5.74, 6) is 1.14. The number of fused-ring (bicyclic) bond motifs is 2. The quantitative estimate of drug-likeness (QED) is 0.416. The Bertz CT molecular complexity index is 1460. The monoisotopic (exact) mass is 400 g/mol. The molecule has 0 spiro atoms. The average molecular weight is 400 g/mol. The first kappa shape index (κ1) is 17.6. The summed E-state index contributed by atoms with van der Waals surface area (Å²) in [5.41, 5.74) is 1.29. The summed E-state index contributed by atoms with van der Waals surface area (Å²) in [6.07, 6.45) is 1.56. The summed E-state index contributed by atoms with van der Waals surface area (Å²) in [4.78, 5) is 31.8. The van der Waals surface area contributed by atoms with E-state index in [4.69, 9.17) is 9.40 Å². The fourth-order valence-corrected chi connectivity index (χ4v) is 4.45. The zero-order valence-electron chi connectivity index (χ0n) is 15.6. The Morgan fingerprint density at radius 2 is 1.79 bits per heavy atom. The van der Waals surface area contributed by atoms with Crippen molar-refractivity contribution < 1.29 is 4.42 Å². The highest BCUT2D eigenvalue weighted by atomic mass is 32.1. The van der Waals surface area contributed by atoms with Gasteiger partial charge in [0, 0.05) is 15.6 Å². The van der Waals surface area contributed by atoms with Gasteiger partial charge in [0.15, 0.2) is 0 Å². The van der Waals surface area contributed by atoms with Crippen LogP contribution in [0.1, 0.15) is 11.3 Å². The van der Waals surface area contributed by atoms with E-state index in [1.807, 2.05) is 43.3 Å². The maximum atomic E-state index is 13.5. The molecule has 3 aromatic heterocycles. The Morgan fingerprint density at radius 3 is 2.55 bits per heavy atom. The molecule has 5 nitrogen and oxygen atoms in total. The third-order valence-electron chi connectivity index (χ3n) is 4.91. The van der Waals surface area contributed by atoms with Crippen LogP contribution in [0.4, 0.5) is 0 Å². The predicted octanol–water partition coefficient (Wildman–Crippen LogP) is 4.59. The molecule has 0 amide bonds. The molecule has 142 valence electrons. The van der Waals surface area contributed by atoms with Gasteiger partial charge in [-0.3, -0.25) is 14.2 Å². The standard InChI is InChI=1S/C23H16N2O3S/c1-14-8-10-15(11-9-14)21-24-22-19(20(26)17-6-2-3-7-18(17)29-22)23(27)25(21)13-16-5-4-12-28-16/h2-12H,13H2,1H3. The SMILES string of the molecule is Cc1ccc(-c2nc3sc4ccccc4c(=O)c3c(=O)n2Cc2ccco2)cc1. The van der Waals surface area contributed by atoms with Crippen LogP contribution < -0.4 is 11.0 Å². The molecule has 0 radical (unpaired) electrons. The second-order valence-electron chi connectivity index (χ2n) is 6.88. The van der Waals surface area contributed by atoms with Crippen molar-refractivity contribution in [3.05, 3.63) is 98.8 Å². The van der Waals surface area contributed by atoms with E-state index in [9.17, 15) is 9.59 Å². The topological polar surface area (TPSA) is 65.1 Å². The minimum atomic E-state index is -0.353. The summed E-state index contributed by atoms with van der Waals surface area (Å²) in [5, 5.41) is 0.660. The number of hydrogen-bond acceptors (Lipinski definition) is 5. The lowest BCUT2D eigenvalue weighted by Gasteiger charge is -2.13. The van der Waals surface area contributed by atoms with Gasteiger partial charge in [-0.05, 0) is 31.2 Å². The number of nitrogens with zero attached hydrogens (tertiary/aromatic N) is 2. The van der Waals surface area contributed by atoms with Crippen LogP contribution in [0, 0.1) is 6.92 Å². The second-order valence-corrected chi connectivity index (χ2v) is 7.91. The first-order valence-electron chi connectivity index (χ1n) is 9.17. The molecule has 0 saturated carbocycles. The van der Waals surface area contributed by atoms with Gasteiger partial charge < -0.3 is 4.42 Å². The predicted molar refractivity (Wildman–Crippen MR) is 116 cm³/mol. The first-order chi connectivity index (χ1) is 14.1. The van der Waals surface area contributed by atoms with Gasteiger partial charge in [0.05, 0.1) is 12.8 Å². The van der Waals surface area contributed by atoms with E-state index in [0.717, 1.165) is 15.8 Å². The molecule has 0 bridgehead atoms. The molecule has 0 N–H and O–H groups in total. The van der Waals surface area contributed by atoms with Crippen molar-refractivity contribution in [2.75, 3.05) is 0 Å². The molecule has 0 saturated heterocycles. The van der Waals surface area contributed by atoms with Gasteiger partial charge in [0.2, 0.25) is 5.43 Å². The van der Waals surface area contributed by atoms with Crippen molar-refractivity contribution in [2.45, 2.75) is 13.5 Å². The van der Waals surface area contributed by atoms with E-state index in [2.05, 4.69) is 0 Å². The molecule has 0 atom stereocenters. The van der Waals surface area contributed by atoms with Crippen LogP contribution in [-0.2, 0) is 6.54 Å². The summed E-state index contributed by atoms with van der Waals surface area (Å²) in [6, 6.07) is 18.7. The number of hydrogen-bond donors (Lipinski definition) is 0. The van der Waals surface area contributed by atoms with Gasteiger partial charge >= 0.3 is 0 Å². The van der Waals surface area contributed by atoms with Gasteiger partial charge in [-0.15, -0.1) is 11.3 Å². The number of furan rings is 1. The highest BCUT2D eigenvalue weighted by Crippen LogP contribution is 2.25. The molecular formula is C23H16N2O3S. The lowest BCUT2D eigenvalue weighted by molar-refractivity contribution is 0.490. The molecule has 0 fully saturated rings. The maximum absolute atomic E-state index is 13.5. The van der Waals surface area contributed by atoms with Gasteiger partial charge in [0.1, 0.15) is 21.8 Å². The Kier molecular flexibility index (Phi) is 4.14. The lowest BCUT2D eigenvalue weighted by Crippen LogP contribution is -2.27. The van der Waals surface area contributed by atoms with Crippen molar-refractivity contribution in [3.63, 3.8) is 0 Å². The largest absolute Gasteiger partial charge is 0.467 e. The first-order valence-corrected chi connectivity index (χ1v) is 9.99. The van der Waals surface area contributed by atoms with Crippen molar-refractivity contribution >= 4 is 31.6 Å². The summed E-state index contributed by atoms with van der Waals surface area (Å²) >= 11 is 1.36. The van der Waals surface area contributed by atoms with E-state index < -0.39 is 0 Å². The molecule has 0 aliphatic heterocycles. The minimum Gasteiger partial charge on any atom is -0.467 e. The van der Waals surface area contributed by atoms with Crippen molar-refractivity contribution in [1.82, 2.24) is 9.55 Å². The summed E-state index contributed by atoms with van der Waals surface area (Å²) in [7, 11) is 0. The lowest BCUT2D eigenvalue weighted by atomic mass is 10.1. The molecular weight excluding hydrogens is 384 g/mol. The van der Waals surface area contributed by atoms with Crippen LogP contribution in [0.15, 0.2) is 80.9 Å². The zero-order valence-corrected chi connectivity index (χ0v) is 16.4. The fraction of sp³-hybridized carbons (Fsp3) is 0.0870. The Hall–Kier alpha value is -3.51. The molecule has 5 aromatic rings. The number of aromatic nitrogens is 2. The minimum absolute atomic E-state index is 0.121. The van der Waals surface area contributed by atoms with Crippen LogP contribution in [-0.4, -0.2) is 9.55 Å². The van der Waals surface area contributed by atoms with E-state index in [1.165, 1.54) is 15.9 Å². The number of aryl methyl sites for hydroxylation is 1. The fourth-order valence-electron chi connectivity index (χ4n) is 3.41. The number of rotatable bonds is 3. The van der Waals surface area contributed by atoms with Crippen LogP contribution >= 0.6 is 11.3 Å². The van der Waals surface area contributed by atoms with E-state index in [1.54, 1.807) is 30.5 Å². The number of benzene rings is 2. The zero-order chi connectivity index (χ0) is 20.0. The average Bonchev–Trinajstić information content (AvgIpc) is 3.24. The van der Waals surface area contributed by atoms with E-state index in [-0.39, 0.29) is 22.9 Å². The third kappa shape index (κ3) is 2.98. The molecule has 3 heterocycles. The van der Waals surface area contributed by atoms with Crippen LogP contribution in [0.2, 0.25) is 0 Å². The van der Waals surface area contributed by atoms with Crippen molar-refractivity contribution in [3.8, 4) is 11.4 Å². The molecule has 0 aliphatic rings. The molecule has 6 heteroatoms. The van der Waals surface area contributed by atoms with Crippen molar-refractivity contribution in [2.24, 2.45) is 0 Å². The van der Waals surface area contributed by atoms with E-state index in [0.29, 0.717) is 21.8 Å². The summed E-state index contributed by atoms with van der Waals surface area (Å²) < 4.78 is 7.79. The third-order valence-corrected chi connectivity index (χ3v) is 5.97. The Balaban J connectivity index is 1.88. The Labute approximate surface area is 169 Å². The van der Waals surface area contributed by atoms with Crippen molar-refractivity contribution in [1.29, 1.82) is 0 Å². The summed E-state index contributed by atoms with van der Waals surface area (Å²) in [6.45, 7) is 2.21. The van der Waals surface area contributed by atoms with Gasteiger partial charge in [-0.25, -0.2) is 4.98 Å². The molecule has 5 rings (SSSR count). The molecule has 0 unspecified atom stereocenters. The smallest absolute Gasteiger partial charge is 0.266 e. The van der Waals surface area contributed by atoms with Gasteiger partial charge in [0.25, 0.3) is 5.56 Å². The van der Waals surface area contributed by atoms with E-state index >= 15 is 0 Å². The molecule has 0 aliphatic carbocycles. The normalized spacial score (nSPS) is 11.3. The molecule has 29 heavy (non-hydrogen) atoms. The van der Waals surface area contributed by atoms with Gasteiger partial charge in [-0.2, -0.15) is 0 Å². The highest BCUT2D eigenvalue weighted by molar-refractivity contribution is 7.24. The maximum Gasteiger partial charge on any atom is 0.266 e.